The van der Waals surface area contributed by atoms with Gasteiger partial charge in [0.15, 0.2) is 6.61 Å². The smallest absolute Gasteiger partial charge is 0.277 e. The lowest BCUT2D eigenvalue weighted by Crippen LogP contribution is -2.27. The Morgan fingerprint density at radius 3 is 2.85 bits per heavy atom. The summed E-state index contributed by atoms with van der Waals surface area (Å²) in [4.78, 5) is 12.1. The van der Waals surface area contributed by atoms with Gasteiger partial charge in [-0.3, -0.25) is 4.79 Å². The second kappa shape index (κ2) is 8.00. The molecule has 1 aliphatic carbocycles. The van der Waals surface area contributed by atoms with Gasteiger partial charge in [0.25, 0.3) is 5.91 Å². The van der Waals surface area contributed by atoms with Crippen LogP contribution in [0.1, 0.15) is 26.7 Å². The molecule has 3 rings (SSSR count). The van der Waals surface area contributed by atoms with Gasteiger partial charge >= 0.3 is 0 Å². The van der Waals surface area contributed by atoms with Crippen molar-refractivity contribution in [2.45, 2.75) is 26.7 Å². The molecule has 0 saturated heterocycles. The van der Waals surface area contributed by atoms with Crippen molar-refractivity contribution in [2.75, 3.05) is 6.61 Å². The number of hydrogen-bond acceptors (Lipinski definition) is 3. The Bertz CT molecular complexity index is 891. The van der Waals surface area contributed by atoms with E-state index in [0.717, 1.165) is 40.5 Å². The molecule has 1 atom stereocenters. The van der Waals surface area contributed by atoms with E-state index < -0.39 is 0 Å². The van der Waals surface area contributed by atoms with Crippen molar-refractivity contribution in [2.24, 2.45) is 11.0 Å². The van der Waals surface area contributed by atoms with Gasteiger partial charge in [0.05, 0.1) is 5.71 Å². The van der Waals surface area contributed by atoms with Crippen molar-refractivity contribution in [3.8, 4) is 5.75 Å². The van der Waals surface area contributed by atoms with Crippen molar-refractivity contribution in [3.05, 3.63) is 66.3 Å². The molecule has 1 N–H and O–H groups in total. The summed E-state index contributed by atoms with van der Waals surface area (Å²) >= 11 is 0. The fraction of sp³-hybridized carbons (Fsp3) is 0.273. The molecule has 0 heterocycles. The summed E-state index contributed by atoms with van der Waals surface area (Å²) in [6.45, 7) is 8.01. The highest BCUT2D eigenvalue weighted by Crippen LogP contribution is 2.26. The number of nitrogens with zero attached hydrogens (tertiary/aromatic N) is 1. The van der Waals surface area contributed by atoms with Crippen LogP contribution in [0, 0.1) is 5.92 Å². The molecule has 134 valence electrons. The molecule has 0 saturated carbocycles. The highest BCUT2D eigenvalue weighted by Gasteiger charge is 2.18. The van der Waals surface area contributed by atoms with E-state index >= 15 is 0 Å². The quantitative estimate of drug-likeness (QED) is 0.633. The number of hydrazone groups is 1. The Kier molecular flexibility index (Phi) is 5.52. The number of hydrogen-bond donors (Lipinski definition) is 1. The van der Waals surface area contributed by atoms with E-state index in [9.17, 15) is 4.79 Å². The van der Waals surface area contributed by atoms with Gasteiger partial charge in [-0.1, -0.05) is 54.6 Å². The highest BCUT2D eigenvalue weighted by molar-refractivity contribution is 6.01. The maximum absolute atomic E-state index is 12.1. The molecule has 0 aliphatic heterocycles. The Hall–Kier alpha value is -2.88. The third-order valence-corrected chi connectivity index (χ3v) is 4.72. The predicted molar refractivity (Wildman–Crippen MR) is 106 cm³/mol. The van der Waals surface area contributed by atoms with E-state index in [2.05, 4.69) is 23.2 Å². The first-order valence-electron chi connectivity index (χ1n) is 8.83. The summed E-state index contributed by atoms with van der Waals surface area (Å²) in [5.74, 6) is 0.818. The average molecular weight is 348 g/mol. The first-order valence-corrected chi connectivity index (χ1v) is 8.83. The fourth-order valence-electron chi connectivity index (χ4n) is 3.05. The molecule has 1 amide bonds. The van der Waals surface area contributed by atoms with Crippen LogP contribution in [-0.4, -0.2) is 18.2 Å². The van der Waals surface area contributed by atoms with Crippen LogP contribution in [0.3, 0.4) is 0 Å². The molecule has 2 aromatic carbocycles. The lowest BCUT2D eigenvalue weighted by atomic mass is 9.85. The van der Waals surface area contributed by atoms with Crippen molar-refractivity contribution >= 4 is 22.4 Å². The van der Waals surface area contributed by atoms with Crippen LogP contribution in [0.25, 0.3) is 10.8 Å². The summed E-state index contributed by atoms with van der Waals surface area (Å²) in [6, 6.07) is 13.7. The average Bonchev–Trinajstić information content (AvgIpc) is 2.65. The molecule has 0 fully saturated rings. The second-order valence-electron chi connectivity index (χ2n) is 6.73. The Labute approximate surface area is 154 Å². The minimum absolute atomic E-state index is 0.0720. The summed E-state index contributed by atoms with van der Waals surface area (Å²) in [6.07, 6.45) is 3.95. The molecular formula is C22H24N2O2. The molecule has 1 aliphatic rings. The van der Waals surface area contributed by atoms with Crippen LogP contribution in [0.15, 0.2) is 71.4 Å². The van der Waals surface area contributed by atoms with Crippen LogP contribution >= 0.6 is 0 Å². The number of amides is 1. The monoisotopic (exact) mass is 348 g/mol. The Morgan fingerprint density at radius 1 is 1.27 bits per heavy atom. The molecule has 0 unspecified atom stereocenters. The highest BCUT2D eigenvalue weighted by atomic mass is 16.5. The Morgan fingerprint density at radius 2 is 2.04 bits per heavy atom. The topological polar surface area (TPSA) is 50.7 Å². The zero-order chi connectivity index (χ0) is 18.5. The number of carbonyl (C=O) groups is 1. The van der Waals surface area contributed by atoms with Crippen LogP contribution in [0.2, 0.25) is 0 Å². The van der Waals surface area contributed by atoms with Crippen molar-refractivity contribution in [1.82, 2.24) is 5.43 Å². The summed E-state index contributed by atoms with van der Waals surface area (Å²) in [5.41, 5.74) is 5.77. The van der Waals surface area contributed by atoms with Gasteiger partial charge in [-0.05, 0) is 49.6 Å². The molecule has 2 aromatic rings. The number of fused-ring (bicyclic) bond motifs is 1. The van der Waals surface area contributed by atoms with Gasteiger partial charge in [-0.25, -0.2) is 5.43 Å². The van der Waals surface area contributed by atoms with Crippen LogP contribution in [-0.2, 0) is 4.79 Å². The van der Waals surface area contributed by atoms with Crippen molar-refractivity contribution in [3.63, 3.8) is 0 Å². The molecule has 0 bridgehead atoms. The zero-order valence-corrected chi connectivity index (χ0v) is 15.3. The maximum atomic E-state index is 12.1. The summed E-state index contributed by atoms with van der Waals surface area (Å²) < 4.78 is 5.70. The molecule has 4 heteroatoms. The largest absolute Gasteiger partial charge is 0.483 e. The SMILES string of the molecule is C=C(C)[C@@H]1CC=C(C)/C(=N\NC(=O)COc2cccc3ccccc23)C1. The standard InChI is InChI=1S/C22H24N2O2/c1-15(2)18-12-11-16(3)20(13-18)23-24-22(25)14-26-21-10-6-8-17-7-4-5-9-19(17)21/h4-11,18H,1,12-14H2,2-3H3,(H,24,25)/b23-20-/t18-/m1/s1. The van der Waals surface area contributed by atoms with Gasteiger partial charge < -0.3 is 4.74 Å². The van der Waals surface area contributed by atoms with Gasteiger partial charge in [-0.15, -0.1) is 0 Å². The van der Waals surface area contributed by atoms with E-state index in [4.69, 9.17) is 4.74 Å². The third kappa shape index (κ3) is 4.20. The molecule has 0 spiro atoms. The summed E-state index contributed by atoms with van der Waals surface area (Å²) in [7, 11) is 0. The fourth-order valence-corrected chi connectivity index (χ4v) is 3.05. The summed E-state index contributed by atoms with van der Waals surface area (Å²) in [5, 5.41) is 6.37. The number of allylic oxidation sites excluding steroid dienone is 3. The molecule has 4 nitrogen and oxygen atoms in total. The van der Waals surface area contributed by atoms with Crippen molar-refractivity contribution < 1.29 is 9.53 Å². The van der Waals surface area contributed by atoms with Gasteiger partial charge in [-0.2, -0.15) is 5.10 Å². The number of rotatable bonds is 5. The van der Waals surface area contributed by atoms with Gasteiger partial charge in [0, 0.05) is 5.39 Å². The van der Waals surface area contributed by atoms with Crippen LogP contribution in [0.4, 0.5) is 0 Å². The second-order valence-corrected chi connectivity index (χ2v) is 6.73. The predicted octanol–water partition coefficient (Wildman–Crippen LogP) is 4.62. The minimum Gasteiger partial charge on any atom is -0.483 e. The lowest BCUT2D eigenvalue weighted by Gasteiger charge is -2.22. The van der Waals surface area contributed by atoms with E-state index in [1.807, 2.05) is 56.3 Å². The van der Waals surface area contributed by atoms with E-state index in [-0.39, 0.29) is 12.5 Å². The van der Waals surface area contributed by atoms with Crippen molar-refractivity contribution in [1.29, 1.82) is 0 Å². The number of nitrogens with one attached hydrogen (secondary N) is 1. The van der Waals surface area contributed by atoms with Crippen LogP contribution in [0.5, 0.6) is 5.75 Å². The maximum Gasteiger partial charge on any atom is 0.277 e. The number of benzene rings is 2. The first-order chi connectivity index (χ1) is 12.5. The van der Waals surface area contributed by atoms with E-state index in [0.29, 0.717) is 11.7 Å². The lowest BCUT2D eigenvalue weighted by molar-refractivity contribution is -0.123. The molecule has 26 heavy (non-hydrogen) atoms. The minimum atomic E-state index is -0.268. The zero-order valence-electron chi connectivity index (χ0n) is 15.3. The number of carbonyl (C=O) groups excluding carboxylic acids is 1. The molecule has 0 radical (unpaired) electrons. The molecule has 0 aromatic heterocycles. The molecular weight excluding hydrogens is 324 g/mol. The Balaban J connectivity index is 1.61. The van der Waals surface area contributed by atoms with E-state index in [1.165, 1.54) is 0 Å². The number of ether oxygens (including phenoxy) is 1. The first kappa shape index (κ1) is 17.9. The third-order valence-electron chi connectivity index (χ3n) is 4.72. The van der Waals surface area contributed by atoms with E-state index in [1.54, 1.807) is 0 Å². The van der Waals surface area contributed by atoms with Gasteiger partial charge in [0.1, 0.15) is 5.75 Å². The van der Waals surface area contributed by atoms with Crippen LogP contribution < -0.4 is 10.2 Å². The normalized spacial score (nSPS) is 18.5. The van der Waals surface area contributed by atoms with Gasteiger partial charge in [0.2, 0.25) is 0 Å².